The summed E-state index contributed by atoms with van der Waals surface area (Å²) in [6.07, 6.45) is 0. The van der Waals surface area contributed by atoms with Crippen molar-refractivity contribution in [3.05, 3.63) is 0 Å². The van der Waals surface area contributed by atoms with Crippen molar-refractivity contribution in [3.63, 3.8) is 0 Å². The molecule has 1 N–H and O–H groups in total. The Morgan fingerprint density at radius 3 is 2.27 bits per heavy atom. The fourth-order valence-electron chi connectivity index (χ4n) is 0.632. The number of ether oxygens (including phenoxy) is 1. The van der Waals surface area contributed by atoms with Gasteiger partial charge in [-0.3, -0.25) is 0 Å². The Labute approximate surface area is 70.8 Å². The molecule has 1 heterocycles. The standard InChI is InChI=1S/C7H15NO2S/c1-7(2,3)11(9)8-6-4-10-5-6/h6,8H,4-5H2,1-3H3/t11-/m0/s1. The molecule has 0 unspecified atom stereocenters. The van der Waals surface area contributed by atoms with E-state index in [9.17, 15) is 4.55 Å². The van der Waals surface area contributed by atoms with E-state index >= 15 is 0 Å². The first-order valence-electron chi connectivity index (χ1n) is 3.76. The van der Waals surface area contributed by atoms with Gasteiger partial charge in [-0.15, -0.1) is 4.72 Å². The molecule has 0 aromatic carbocycles. The molecule has 3 nitrogen and oxygen atoms in total. The molecule has 0 spiro atoms. The van der Waals surface area contributed by atoms with E-state index in [0.717, 1.165) is 0 Å². The summed E-state index contributed by atoms with van der Waals surface area (Å²) in [5.41, 5.74) is 0. The minimum atomic E-state index is -0.946. The third-order valence-electron chi connectivity index (χ3n) is 1.47. The van der Waals surface area contributed by atoms with Crippen LogP contribution < -0.4 is 4.72 Å². The summed E-state index contributed by atoms with van der Waals surface area (Å²) in [7, 11) is 0. The molecule has 1 aliphatic heterocycles. The molecule has 4 heteroatoms. The summed E-state index contributed by atoms with van der Waals surface area (Å²) >= 11 is -0.946. The Morgan fingerprint density at radius 2 is 2.00 bits per heavy atom. The quantitative estimate of drug-likeness (QED) is 0.622. The van der Waals surface area contributed by atoms with Gasteiger partial charge in [0.15, 0.2) is 0 Å². The Hall–Kier alpha value is 0.230. The number of hydrogen-bond acceptors (Lipinski definition) is 3. The zero-order chi connectivity index (χ0) is 8.48. The highest BCUT2D eigenvalue weighted by Crippen LogP contribution is 2.15. The molecule has 1 fully saturated rings. The minimum Gasteiger partial charge on any atom is -0.598 e. The molecule has 1 saturated heterocycles. The molecule has 0 bridgehead atoms. The average molecular weight is 177 g/mol. The number of hydrogen-bond donors (Lipinski definition) is 1. The zero-order valence-electron chi connectivity index (χ0n) is 7.22. The van der Waals surface area contributed by atoms with Crippen LogP contribution in [-0.4, -0.2) is 28.6 Å². The normalized spacial score (nSPS) is 22.9. The average Bonchev–Trinajstić information content (AvgIpc) is 1.75. The third kappa shape index (κ3) is 2.63. The molecular weight excluding hydrogens is 162 g/mol. The van der Waals surface area contributed by atoms with Gasteiger partial charge in [-0.2, -0.15) is 0 Å². The van der Waals surface area contributed by atoms with Gasteiger partial charge in [-0.1, -0.05) is 0 Å². The molecule has 0 radical (unpaired) electrons. The van der Waals surface area contributed by atoms with E-state index in [1.165, 1.54) is 0 Å². The molecule has 66 valence electrons. The van der Waals surface area contributed by atoms with E-state index in [0.29, 0.717) is 19.3 Å². The molecule has 1 aliphatic rings. The first-order valence-corrected chi connectivity index (χ1v) is 4.91. The van der Waals surface area contributed by atoms with Gasteiger partial charge >= 0.3 is 0 Å². The molecule has 0 amide bonds. The van der Waals surface area contributed by atoms with Gasteiger partial charge in [0.2, 0.25) is 0 Å². The highest BCUT2D eigenvalue weighted by Gasteiger charge is 2.31. The lowest BCUT2D eigenvalue weighted by Gasteiger charge is -2.31. The van der Waals surface area contributed by atoms with Crippen LogP contribution in [0.1, 0.15) is 20.8 Å². The second-order valence-corrected chi connectivity index (χ2v) is 5.73. The molecule has 0 aromatic rings. The molecular formula is C7H15NO2S. The second-order valence-electron chi connectivity index (χ2n) is 3.73. The van der Waals surface area contributed by atoms with Crippen LogP contribution in [0.25, 0.3) is 0 Å². The SMILES string of the molecule is CC(C)(C)[S@+]([O-])NC1COC1. The first-order chi connectivity index (χ1) is 5.00. The number of nitrogens with one attached hydrogen (secondary N) is 1. The van der Waals surface area contributed by atoms with Crippen molar-refractivity contribution >= 4 is 11.4 Å². The second kappa shape index (κ2) is 3.31. The Morgan fingerprint density at radius 1 is 1.45 bits per heavy atom. The highest BCUT2D eigenvalue weighted by molar-refractivity contribution is 7.90. The third-order valence-corrected chi connectivity index (χ3v) is 3.13. The maximum absolute atomic E-state index is 11.4. The largest absolute Gasteiger partial charge is 0.598 e. The van der Waals surface area contributed by atoms with E-state index in [4.69, 9.17) is 4.74 Å². The highest BCUT2D eigenvalue weighted by atomic mass is 32.2. The van der Waals surface area contributed by atoms with Gasteiger partial charge in [-0.25, -0.2) is 0 Å². The zero-order valence-corrected chi connectivity index (χ0v) is 8.03. The van der Waals surface area contributed by atoms with Gasteiger partial charge in [0.05, 0.1) is 19.3 Å². The fourth-order valence-corrected chi connectivity index (χ4v) is 1.42. The molecule has 1 rings (SSSR count). The van der Waals surface area contributed by atoms with E-state index < -0.39 is 11.4 Å². The van der Waals surface area contributed by atoms with Crippen LogP contribution in [0.15, 0.2) is 0 Å². The van der Waals surface area contributed by atoms with Gasteiger partial charge in [0, 0.05) is 11.4 Å². The predicted octanol–water partition coefficient (Wildman–Crippen LogP) is 0.437. The topological polar surface area (TPSA) is 44.3 Å². The first kappa shape index (κ1) is 9.32. The van der Waals surface area contributed by atoms with Gasteiger partial charge in [0.1, 0.15) is 4.75 Å². The van der Waals surface area contributed by atoms with E-state index in [2.05, 4.69) is 4.72 Å². The summed E-state index contributed by atoms with van der Waals surface area (Å²) in [5, 5.41) is 0. The Balaban J connectivity index is 2.24. The van der Waals surface area contributed by atoms with Crippen molar-refractivity contribution in [2.24, 2.45) is 0 Å². The Bertz CT molecular complexity index is 131. The van der Waals surface area contributed by atoms with Crippen LogP contribution in [0.4, 0.5) is 0 Å². The van der Waals surface area contributed by atoms with Crippen LogP contribution >= 0.6 is 0 Å². The van der Waals surface area contributed by atoms with Crippen molar-refractivity contribution in [1.29, 1.82) is 0 Å². The van der Waals surface area contributed by atoms with Gasteiger partial charge in [-0.05, 0) is 20.8 Å². The fraction of sp³-hybridized carbons (Fsp3) is 1.00. The van der Waals surface area contributed by atoms with Gasteiger partial charge < -0.3 is 9.29 Å². The summed E-state index contributed by atoms with van der Waals surface area (Å²) in [6.45, 7) is 7.25. The number of rotatable bonds is 2. The van der Waals surface area contributed by atoms with E-state index in [-0.39, 0.29) is 4.75 Å². The molecule has 0 aromatic heterocycles. The van der Waals surface area contributed by atoms with Gasteiger partial charge in [0.25, 0.3) is 0 Å². The van der Waals surface area contributed by atoms with E-state index in [1.807, 2.05) is 20.8 Å². The lowest BCUT2D eigenvalue weighted by atomic mass is 10.3. The van der Waals surface area contributed by atoms with Crippen LogP contribution in [0, 0.1) is 0 Å². The summed E-state index contributed by atoms with van der Waals surface area (Å²) in [6, 6.07) is 0.301. The maximum atomic E-state index is 11.4. The molecule has 0 aliphatic carbocycles. The van der Waals surface area contributed by atoms with Crippen LogP contribution in [0.2, 0.25) is 0 Å². The maximum Gasteiger partial charge on any atom is 0.136 e. The van der Waals surface area contributed by atoms with Crippen LogP contribution in [-0.2, 0) is 16.1 Å². The van der Waals surface area contributed by atoms with Crippen molar-refractivity contribution in [2.75, 3.05) is 13.2 Å². The van der Waals surface area contributed by atoms with Crippen molar-refractivity contribution < 1.29 is 9.29 Å². The molecule has 0 saturated carbocycles. The lowest BCUT2D eigenvalue weighted by molar-refractivity contribution is 0.00461. The van der Waals surface area contributed by atoms with Crippen LogP contribution in [0.3, 0.4) is 0 Å². The van der Waals surface area contributed by atoms with Crippen molar-refractivity contribution in [1.82, 2.24) is 4.72 Å². The smallest absolute Gasteiger partial charge is 0.136 e. The molecule has 11 heavy (non-hydrogen) atoms. The lowest BCUT2D eigenvalue weighted by Crippen LogP contribution is -2.52. The monoisotopic (exact) mass is 177 g/mol. The summed E-state index contributed by atoms with van der Waals surface area (Å²) in [5.74, 6) is 0. The molecule has 1 atom stereocenters. The summed E-state index contributed by atoms with van der Waals surface area (Å²) < 4.78 is 19.2. The minimum absolute atomic E-state index is 0.171. The van der Waals surface area contributed by atoms with Crippen LogP contribution in [0.5, 0.6) is 0 Å². The van der Waals surface area contributed by atoms with Crippen molar-refractivity contribution in [2.45, 2.75) is 31.6 Å². The Kier molecular flexibility index (Phi) is 2.80. The van der Waals surface area contributed by atoms with E-state index in [1.54, 1.807) is 0 Å². The van der Waals surface area contributed by atoms with Crippen molar-refractivity contribution in [3.8, 4) is 0 Å². The summed E-state index contributed by atoms with van der Waals surface area (Å²) in [4.78, 5) is 0. The predicted molar refractivity (Wildman–Crippen MR) is 45.6 cm³/mol.